The largest absolute Gasteiger partial charge is 0.478 e. The molecule has 0 aliphatic rings. The first-order valence-corrected chi connectivity index (χ1v) is 7.16. The van der Waals surface area contributed by atoms with Crippen molar-refractivity contribution in [2.45, 2.75) is 6.92 Å². The van der Waals surface area contributed by atoms with Crippen LogP contribution in [-0.4, -0.2) is 22.0 Å². The molecule has 0 radical (unpaired) electrons. The predicted octanol–water partition coefficient (Wildman–Crippen LogP) is 3.80. The molecule has 7 heteroatoms. The molecule has 1 aromatic carbocycles. The number of carboxylic acid groups (broad SMARTS) is 1. The third-order valence-corrected chi connectivity index (χ3v) is 3.58. The van der Waals surface area contributed by atoms with Gasteiger partial charge in [0.25, 0.3) is 5.91 Å². The lowest BCUT2D eigenvalue weighted by molar-refractivity contribution is 0.0697. The number of rotatable bonds is 3. The molecule has 0 spiro atoms. The van der Waals surface area contributed by atoms with Gasteiger partial charge in [-0.1, -0.05) is 31.9 Å². The fourth-order valence-corrected chi connectivity index (χ4v) is 3.07. The number of aromatic amines is 1. The smallest absolute Gasteiger partial charge is 0.339 e. The third-order valence-electron chi connectivity index (χ3n) is 2.66. The number of H-pyrrole nitrogens is 1. The Balaban J connectivity index is 2.30. The number of carbonyl (C=O) groups is 2. The molecule has 0 saturated carbocycles. The van der Waals surface area contributed by atoms with Crippen LogP contribution < -0.4 is 5.32 Å². The molecular weight excluding hydrogens is 392 g/mol. The van der Waals surface area contributed by atoms with E-state index in [4.69, 9.17) is 5.11 Å². The number of nitrogens with one attached hydrogen (secondary N) is 2. The van der Waals surface area contributed by atoms with Gasteiger partial charge < -0.3 is 15.4 Å². The highest BCUT2D eigenvalue weighted by Gasteiger charge is 2.18. The average Bonchev–Trinajstić information content (AvgIpc) is 2.69. The Hall–Kier alpha value is -1.60. The topological polar surface area (TPSA) is 82.2 Å². The van der Waals surface area contributed by atoms with Crippen LogP contribution in [0.3, 0.4) is 0 Å². The summed E-state index contributed by atoms with van der Waals surface area (Å²) in [6.45, 7) is 1.63. The number of carboxylic acids is 1. The van der Waals surface area contributed by atoms with Crippen molar-refractivity contribution >= 4 is 49.4 Å². The molecule has 0 unspecified atom stereocenters. The van der Waals surface area contributed by atoms with Crippen LogP contribution in [0.4, 0.5) is 5.69 Å². The van der Waals surface area contributed by atoms with Crippen molar-refractivity contribution in [3.05, 3.63) is 50.2 Å². The monoisotopic (exact) mass is 400 g/mol. The Kier molecular flexibility index (Phi) is 4.29. The summed E-state index contributed by atoms with van der Waals surface area (Å²) in [5, 5.41) is 11.7. The zero-order valence-electron chi connectivity index (χ0n) is 10.3. The van der Waals surface area contributed by atoms with E-state index in [9.17, 15) is 9.59 Å². The fourth-order valence-electron chi connectivity index (χ4n) is 1.78. The Morgan fingerprint density at radius 2 is 1.80 bits per heavy atom. The summed E-state index contributed by atoms with van der Waals surface area (Å²) < 4.78 is 1.50. The molecule has 1 heterocycles. The highest BCUT2D eigenvalue weighted by Crippen LogP contribution is 2.23. The molecule has 0 atom stereocenters. The molecule has 2 rings (SSSR count). The number of aromatic carboxylic acids is 1. The van der Waals surface area contributed by atoms with Gasteiger partial charge in [0, 0.05) is 26.4 Å². The molecule has 0 fully saturated rings. The van der Waals surface area contributed by atoms with E-state index in [0.717, 1.165) is 8.95 Å². The van der Waals surface area contributed by atoms with Crippen LogP contribution in [0.25, 0.3) is 0 Å². The predicted molar refractivity (Wildman–Crippen MR) is 82.3 cm³/mol. The Labute approximate surface area is 131 Å². The van der Waals surface area contributed by atoms with Gasteiger partial charge in [-0.25, -0.2) is 4.79 Å². The van der Waals surface area contributed by atoms with E-state index in [0.29, 0.717) is 11.3 Å². The van der Waals surface area contributed by atoms with Crippen molar-refractivity contribution < 1.29 is 14.7 Å². The van der Waals surface area contributed by atoms with Crippen LogP contribution in [0.15, 0.2) is 33.3 Å². The van der Waals surface area contributed by atoms with E-state index in [1.54, 1.807) is 25.1 Å². The van der Waals surface area contributed by atoms with Gasteiger partial charge in [0.1, 0.15) is 5.56 Å². The molecule has 104 valence electrons. The molecule has 1 aromatic heterocycles. The van der Waals surface area contributed by atoms with E-state index in [1.165, 1.54) is 6.20 Å². The van der Waals surface area contributed by atoms with Gasteiger partial charge >= 0.3 is 5.97 Å². The quantitative estimate of drug-likeness (QED) is 0.731. The molecule has 20 heavy (non-hydrogen) atoms. The first-order valence-electron chi connectivity index (χ1n) is 5.57. The SMILES string of the molecule is Cc1[nH]cc(NC(=O)c2cc(Br)cc(Br)c2)c1C(=O)O. The van der Waals surface area contributed by atoms with Gasteiger partial charge in [0.2, 0.25) is 0 Å². The Bertz CT molecular complexity index is 675. The summed E-state index contributed by atoms with van der Waals surface area (Å²) in [5.74, 6) is -1.47. The highest BCUT2D eigenvalue weighted by molar-refractivity contribution is 9.11. The molecule has 0 aliphatic carbocycles. The number of carbonyl (C=O) groups excluding carboxylic acids is 1. The number of benzene rings is 1. The summed E-state index contributed by atoms with van der Waals surface area (Å²) >= 11 is 6.60. The number of aromatic nitrogens is 1. The second-order valence-corrected chi connectivity index (χ2v) is 5.95. The van der Waals surface area contributed by atoms with Gasteiger partial charge in [-0.2, -0.15) is 0 Å². The zero-order chi connectivity index (χ0) is 14.9. The third kappa shape index (κ3) is 3.10. The first-order chi connectivity index (χ1) is 9.38. The van der Waals surface area contributed by atoms with Crippen molar-refractivity contribution in [2.24, 2.45) is 0 Å². The van der Waals surface area contributed by atoms with Gasteiger partial charge in [-0.3, -0.25) is 4.79 Å². The molecular formula is C13H10Br2N2O3. The van der Waals surface area contributed by atoms with Gasteiger partial charge in [-0.05, 0) is 25.1 Å². The highest BCUT2D eigenvalue weighted by atomic mass is 79.9. The van der Waals surface area contributed by atoms with E-state index < -0.39 is 5.97 Å². The standard InChI is InChI=1S/C13H10Br2N2O3/c1-6-11(13(19)20)10(5-16-6)17-12(18)7-2-8(14)4-9(15)3-7/h2-5,16H,1H3,(H,17,18)(H,19,20). The second-order valence-electron chi connectivity index (χ2n) is 4.12. The van der Waals surface area contributed by atoms with Crippen molar-refractivity contribution in [1.29, 1.82) is 0 Å². The lowest BCUT2D eigenvalue weighted by atomic mass is 10.2. The maximum atomic E-state index is 12.1. The lowest BCUT2D eigenvalue weighted by Crippen LogP contribution is -2.14. The zero-order valence-corrected chi connectivity index (χ0v) is 13.5. The molecule has 1 amide bonds. The molecule has 0 saturated heterocycles. The van der Waals surface area contributed by atoms with E-state index in [-0.39, 0.29) is 17.2 Å². The first kappa shape index (κ1) is 14.8. The van der Waals surface area contributed by atoms with Crippen molar-refractivity contribution in [3.8, 4) is 0 Å². The molecule has 5 nitrogen and oxygen atoms in total. The fraction of sp³-hybridized carbons (Fsp3) is 0.0769. The summed E-state index contributed by atoms with van der Waals surface area (Å²) in [6, 6.07) is 5.11. The number of halogens is 2. The average molecular weight is 402 g/mol. The number of amides is 1. The van der Waals surface area contributed by atoms with Gasteiger partial charge in [0.15, 0.2) is 0 Å². The number of anilines is 1. The number of hydrogen-bond donors (Lipinski definition) is 3. The summed E-state index contributed by atoms with van der Waals surface area (Å²) in [4.78, 5) is 26.1. The van der Waals surface area contributed by atoms with Gasteiger partial charge in [0.05, 0.1) is 5.69 Å². The summed E-state index contributed by atoms with van der Waals surface area (Å²) in [5.41, 5.74) is 1.22. The van der Waals surface area contributed by atoms with E-state index in [2.05, 4.69) is 42.2 Å². The minimum absolute atomic E-state index is 0.0624. The van der Waals surface area contributed by atoms with Crippen molar-refractivity contribution in [2.75, 3.05) is 5.32 Å². The van der Waals surface area contributed by atoms with Gasteiger partial charge in [-0.15, -0.1) is 0 Å². The molecule has 0 bridgehead atoms. The Morgan fingerprint density at radius 1 is 1.20 bits per heavy atom. The normalized spacial score (nSPS) is 10.3. The molecule has 0 aliphatic heterocycles. The summed E-state index contributed by atoms with van der Waals surface area (Å²) in [6.07, 6.45) is 1.46. The Morgan fingerprint density at radius 3 is 2.35 bits per heavy atom. The van der Waals surface area contributed by atoms with Crippen LogP contribution in [0.5, 0.6) is 0 Å². The van der Waals surface area contributed by atoms with Crippen molar-refractivity contribution in [1.82, 2.24) is 4.98 Å². The molecule has 3 N–H and O–H groups in total. The number of aryl methyl sites for hydroxylation is 1. The van der Waals surface area contributed by atoms with E-state index >= 15 is 0 Å². The maximum Gasteiger partial charge on any atom is 0.339 e. The lowest BCUT2D eigenvalue weighted by Gasteiger charge is -2.06. The van der Waals surface area contributed by atoms with Crippen LogP contribution >= 0.6 is 31.9 Å². The number of hydrogen-bond acceptors (Lipinski definition) is 2. The molecule has 2 aromatic rings. The minimum Gasteiger partial charge on any atom is -0.478 e. The van der Waals surface area contributed by atoms with Crippen LogP contribution in [-0.2, 0) is 0 Å². The van der Waals surface area contributed by atoms with Crippen LogP contribution in [0.2, 0.25) is 0 Å². The second kappa shape index (κ2) is 5.80. The van der Waals surface area contributed by atoms with Crippen LogP contribution in [0, 0.1) is 6.92 Å². The van der Waals surface area contributed by atoms with Crippen LogP contribution in [0.1, 0.15) is 26.4 Å². The maximum absolute atomic E-state index is 12.1. The van der Waals surface area contributed by atoms with Crippen molar-refractivity contribution in [3.63, 3.8) is 0 Å². The minimum atomic E-state index is -1.09. The summed E-state index contributed by atoms with van der Waals surface area (Å²) in [7, 11) is 0. The van der Waals surface area contributed by atoms with E-state index in [1.807, 2.05) is 0 Å².